The molecule has 2 atom stereocenters. The van der Waals surface area contributed by atoms with Crippen LogP contribution in [0.4, 0.5) is 21.8 Å². The van der Waals surface area contributed by atoms with Crippen LogP contribution in [-0.4, -0.2) is 47.3 Å². The van der Waals surface area contributed by atoms with E-state index in [1.807, 2.05) is 0 Å². The van der Waals surface area contributed by atoms with E-state index in [2.05, 4.69) is 20.6 Å². The van der Waals surface area contributed by atoms with E-state index in [1.165, 1.54) is 6.20 Å². The smallest absolute Gasteiger partial charge is 0.225 e. The largest absolute Gasteiger partial charge is 0.394 e. The fraction of sp³-hybridized carbons (Fsp3) is 0.688. The summed E-state index contributed by atoms with van der Waals surface area (Å²) in [4.78, 5) is 19.8. The molecule has 6 N–H and O–H groups in total. The van der Waals surface area contributed by atoms with E-state index in [-0.39, 0.29) is 30.5 Å². The fourth-order valence-corrected chi connectivity index (χ4v) is 3.32. The van der Waals surface area contributed by atoms with E-state index >= 15 is 0 Å². The molecule has 0 unspecified atom stereocenters. The molecule has 2 heterocycles. The highest BCUT2D eigenvalue weighted by atomic mass is 19.1. The summed E-state index contributed by atoms with van der Waals surface area (Å²) >= 11 is 0. The van der Waals surface area contributed by atoms with Gasteiger partial charge in [-0.25, -0.2) is 9.37 Å². The summed E-state index contributed by atoms with van der Waals surface area (Å²) in [5, 5.41) is 6.33. The minimum atomic E-state index is -1.09. The van der Waals surface area contributed by atoms with Crippen LogP contribution in [-0.2, 0) is 9.53 Å². The number of carbonyl (C=O) groups excluding carboxylic acids is 1. The molecule has 0 radical (unpaired) electrons. The van der Waals surface area contributed by atoms with Gasteiger partial charge in [0.2, 0.25) is 11.9 Å². The molecule has 1 aromatic rings. The Morgan fingerprint density at radius 2 is 2.00 bits per heavy atom. The van der Waals surface area contributed by atoms with E-state index < -0.39 is 6.17 Å². The van der Waals surface area contributed by atoms with Crippen molar-refractivity contribution in [1.29, 1.82) is 0 Å². The summed E-state index contributed by atoms with van der Waals surface area (Å²) in [6.45, 7) is 0.599. The quantitative estimate of drug-likeness (QED) is 0.623. The number of aromatic nitrogens is 2. The highest BCUT2D eigenvalue weighted by Crippen LogP contribution is 2.28. The molecule has 25 heavy (non-hydrogen) atoms. The van der Waals surface area contributed by atoms with Crippen LogP contribution in [0.15, 0.2) is 6.20 Å². The Kier molecular flexibility index (Phi) is 5.52. The van der Waals surface area contributed by atoms with E-state index in [1.54, 1.807) is 0 Å². The molecule has 138 valence electrons. The third-order valence-corrected chi connectivity index (χ3v) is 4.89. The first kappa shape index (κ1) is 17.7. The number of amides is 1. The Morgan fingerprint density at radius 1 is 1.24 bits per heavy atom. The third-order valence-electron chi connectivity index (χ3n) is 4.89. The molecule has 0 bridgehead atoms. The number of nitrogen functional groups attached to an aromatic ring is 1. The Balaban J connectivity index is 1.61. The lowest BCUT2D eigenvalue weighted by molar-refractivity contribution is -0.122. The molecule has 1 amide bonds. The lowest BCUT2D eigenvalue weighted by Crippen LogP contribution is -2.39. The molecule has 1 aliphatic carbocycles. The normalized spacial score (nSPS) is 29.8. The van der Waals surface area contributed by atoms with Crippen molar-refractivity contribution in [3.63, 3.8) is 0 Å². The number of nitrogens with one attached hydrogen (secondary N) is 2. The summed E-state index contributed by atoms with van der Waals surface area (Å²) in [5.74, 6) is 0.594. The van der Waals surface area contributed by atoms with Gasteiger partial charge in [0.05, 0.1) is 24.5 Å². The van der Waals surface area contributed by atoms with Crippen LogP contribution in [0, 0.1) is 5.92 Å². The zero-order chi connectivity index (χ0) is 17.8. The molecule has 0 spiro atoms. The number of halogens is 1. The Bertz CT molecular complexity index is 608. The number of alkyl halides is 1. The van der Waals surface area contributed by atoms with Gasteiger partial charge in [0, 0.05) is 18.6 Å². The van der Waals surface area contributed by atoms with Crippen LogP contribution in [0.3, 0.4) is 0 Å². The molecule has 1 aromatic heterocycles. The fourth-order valence-electron chi connectivity index (χ4n) is 3.32. The molecule has 3 rings (SSSR count). The van der Waals surface area contributed by atoms with Crippen LogP contribution < -0.4 is 22.1 Å². The Morgan fingerprint density at radius 3 is 2.68 bits per heavy atom. The number of nitrogens with zero attached hydrogens (tertiary/aromatic N) is 2. The number of anilines is 3. The van der Waals surface area contributed by atoms with Crippen molar-refractivity contribution in [3.8, 4) is 0 Å². The van der Waals surface area contributed by atoms with E-state index in [0.29, 0.717) is 30.5 Å². The second kappa shape index (κ2) is 7.81. The van der Waals surface area contributed by atoms with Gasteiger partial charge in [-0.05, 0) is 32.1 Å². The number of carbonyl (C=O) groups is 1. The zero-order valence-electron chi connectivity index (χ0n) is 14.1. The van der Waals surface area contributed by atoms with Gasteiger partial charge in [0.1, 0.15) is 6.17 Å². The molecule has 0 aromatic carbocycles. The second-order valence-corrected chi connectivity index (χ2v) is 6.72. The predicted octanol–water partition coefficient (Wildman–Crippen LogP) is 1.05. The van der Waals surface area contributed by atoms with E-state index in [0.717, 1.165) is 25.7 Å². The number of ether oxygens (including phenoxy) is 1. The van der Waals surface area contributed by atoms with Crippen LogP contribution >= 0.6 is 0 Å². The summed E-state index contributed by atoms with van der Waals surface area (Å²) in [6, 6.07) is -0.186. The van der Waals surface area contributed by atoms with Crippen molar-refractivity contribution in [2.75, 3.05) is 29.6 Å². The van der Waals surface area contributed by atoms with Gasteiger partial charge in [-0.3, -0.25) is 4.79 Å². The molecule has 8 nitrogen and oxygen atoms in total. The lowest BCUT2D eigenvalue weighted by atomic mass is 9.85. The first-order valence-corrected chi connectivity index (χ1v) is 8.69. The van der Waals surface area contributed by atoms with Gasteiger partial charge in [0.15, 0.2) is 5.82 Å². The average Bonchev–Trinajstić information content (AvgIpc) is 2.60. The Labute approximate surface area is 145 Å². The first-order chi connectivity index (χ1) is 12.0. The summed E-state index contributed by atoms with van der Waals surface area (Å²) in [7, 11) is 0. The Hall–Kier alpha value is -2.16. The van der Waals surface area contributed by atoms with Crippen molar-refractivity contribution < 1.29 is 13.9 Å². The molecule has 1 saturated heterocycles. The summed E-state index contributed by atoms with van der Waals surface area (Å²) in [6.07, 6.45) is 4.16. The number of rotatable bonds is 5. The van der Waals surface area contributed by atoms with Crippen molar-refractivity contribution in [2.24, 2.45) is 11.7 Å². The molecule has 2 aliphatic rings. The van der Waals surface area contributed by atoms with Gasteiger partial charge >= 0.3 is 0 Å². The van der Waals surface area contributed by atoms with E-state index in [4.69, 9.17) is 16.2 Å². The minimum absolute atomic E-state index is 0.0481. The van der Waals surface area contributed by atoms with Gasteiger partial charge < -0.3 is 26.8 Å². The maximum Gasteiger partial charge on any atom is 0.225 e. The summed E-state index contributed by atoms with van der Waals surface area (Å²) in [5.41, 5.74) is 11.8. The predicted molar refractivity (Wildman–Crippen MR) is 92.8 cm³/mol. The SMILES string of the molecule is NC(=O)C1CCC(Nc2nc(N[C@@H]3CCOC[C@H]3F)ncc2N)CC1. The molecule has 9 heteroatoms. The van der Waals surface area contributed by atoms with Crippen LogP contribution in [0.1, 0.15) is 32.1 Å². The number of nitrogens with two attached hydrogens (primary N) is 2. The number of hydrogen-bond acceptors (Lipinski definition) is 7. The molecular formula is C16H25FN6O2. The summed E-state index contributed by atoms with van der Waals surface area (Å²) < 4.78 is 19.0. The molecule has 1 aliphatic heterocycles. The van der Waals surface area contributed by atoms with Gasteiger partial charge in [-0.1, -0.05) is 0 Å². The minimum Gasteiger partial charge on any atom is -0.394 e. The third kappa shape index (κ3) is 4.47. The highest BCUT2D eigenvalue weighted by molar-refractivity contribution is 5.76. The van der Waals surface area contributed by atoms with Crippen LogP contribution in [0.2, 0.25) is 0 Å². The van der Waals surface area contributed by atoms with Crippen LogP contribution in [0.25, 0.3) is 0 Å². The van der Waals surface area contributed by atoms with Crippen LogP contribution in [0.5, 0.6) is 0 Å². The van der Waals surface area contributed by atoms with Crippen molar-refractivity contribution in [1.82, 2.24) is 9.97 Å². The topological polar surface area (TPSA) is 128 Å². The van der Waals surface area contributed by atoms with Crippen molar-refractivity contribution >= 4 is 23.4 Å². The highest BCUT2D eigenvalue weighted by Gasteiger charge is 2.27. The maximum absolute atomic E-state index is 13.9. The van der Waals surface area contributed by atoms with Gasteiger partial charge in [-0.2, -0.15) is 4.98 Å². The molecule has 1 saturated carbocycles. The second-order valence-electron chi connectivity index (χ2n) is 6.72. The molecule has 2 fully saturated rings. The first-order valence-electron chi connectivity index (χ1n) is 8.69. The van der Waals surface area contributed by atoms with Crippen molar-refractivity contribution in [2.45, 2.75) is 50.4 Å². The standard InChI is InChI=1S/C16H25FN6O2/c17-11-8-25-6-5-13(11)22-16-20-7-12(18)15(23-16)21-10-3-1-9(2-4-10)14(19)24/h7,9-11,13H,1-6,8,18H2,(H2,19,24)(H2,20,21,22,23)/t9?,10?,11-,13-/m1/s1. The lowest BCUT2D eigenvalue weighted by Gasteiger charge is -2.29. The monoisotopic (exact) mass is 352 g/mol. The van der Waals surface area contributed by atoms with E-state index in [9.17, 15) is 9.18 Å². The zero-order valence-corrected chi connectivity index (χ0v) is 14.1. The van der Waals surface area contributed by atoms with Crippen molar-refractivity contribution in [3.05, 3.63) is 6.20 Å². The maximum atomic E-state index is 13.9. The molecular weight excluding hydrogens is 327 g/mol. The number of hydrogen-bond donors (Lipinski definition) is 4. The van der Waals surface area contributed by atoms with Gasteiger partial charge in [0.25, 0.3) is 0 Å². The van der Waals surface area contributed by atoms with Gasteiger partial charge in [-0.15, -0.1) is 0 Å². The average molecular weight is 352 g/mol. The number of primary amides is 1.